The average molecular weight is 269 g/mol. The molecular weight excluding hydrogens is 249 g/mol. The molecule has 0 heterocycles. The van der Waals surface area contributed by atoms with E-state index in [1.54, 1.807) is 0 Å². The van der Waals surface area contributed by atoms with Crippen molar-refractivity contribution in [3.05, 3.63) is 35.6 Å². The summed E-state index contributed by atoms with van der Waals surface area (Å²) in [5, 5.41) is 12.4. The molecule has 4 nitrogen and oxygen atoms in total. The molecular formula is C14H20FNO3. The van der Waals surface area contributed by atoms with Crippen LogP contribution in [0.2, 0.25) is 0 Å². The molecule has 0 aromatic heterocycles. The molecule has 0 fully saturated rings. The van der Waals surface area contributed by atoms with Gasteiger partial charge in [-0.15, -0.1) is 0 Å². The summed E-state index contributed by atoms with van der Waals surface area (Å²) in [6.45, 7) is 4.26. The van der Waals surface area contributed by atoms with E-state index in [-0.39, 0.29) is 30.8 Å². The number of benzene rings is 1. The standard InChI is InChI=1S/C14H20FNO3/c1-10(2)19-8-7-14(18)16-9-13(17)11-3-5-12(15)6-4-11/h3-6,10,13,17H,7-9H2,1-2H3,(H,16,18). The van der Waals surface area contributed by atoms with E-state index in [2.05, 4.69) is 5.32 Å². The number of amides is 1. The van der Waals surface area contributed by atoms with Crippen molar-refractivity contribution in [1.29, 1.82) is 0 Å². The lowest BCUT2D eigenvalue weighted by molar-refractivity contribution is -0.122. The SMILES string of the molecule is CC(C)OCCC(=O)NCC(O)c1ccc(F)cc1. The molecule has 1 unspecified atom stereocenters. The fourth-order valence-electron chi connectivity index (χ4n) is 1.49. The maximum absolute atomic E-state index is 12.7. The Morgan fingerprint density at radius 1 is 1.37 bits per heavy atom. The van der Waals surface area contributed by atoms with Gasteiger partial charge in [-0.05, 0) is 31.5 Å². The van der Waals surface area contributed by atoms with Gasteiger partial charge in [-0.3, -0.25) is 4.79 Å². The van der Waals surface area contributed by atoms with Crippen molar-refractivity contribution in [2.24, 2.45) is 0 Å². The maximum Gasteiger partial charge on any atom is 0.222 e. The topological polar surface area (TPSA) is 58.6 Å². The predicted octanol–water partition coefficient (Wildman–Crippen LogP) is 1.79. The molecule has 0 aliphatic heterocycles. The van der Waals surface area contributed by atoms with Crippen LogP contribution in [-0.2, 0) is 9.53 Å². The van der Waals surface area contributed by atoms with Crippen molar-refractivity contribution >= 4 is 5.91 Å². The first-order chi connectivity index (χ1) is 8.99. The van der Waals surface area contributed by atoms with Crippen LogP contribution in [0, 0.1) is 5.82 Å². The first kappa shape index (κ1) is 15.6. The lowest BCUT2D eigenvalue weighted by atomic mass is 10.1. The summed E-state index contributed by atoms with van der Waals surface area (Å²) in [6, 6.07) is 5.54. The Balaban J connectivity index is 2.27. The zero-order valence-electron chi connectivity index (χ0n) is 11.2. The number of hydrogen-bond donors (Lipinski definition) is 2. The second-order valence-corrected chi connectivity index (χ2v) is 4.54. The van der Waals surface area contributed by atoms with Gasteiger partial charge < -0.3 is 15.2 Å². The molecule has 0 aliphatic carbocycles. The van der Waals surface area contributed by atoms with E-state index in [1.165, 1.54) is 24.3 Å². The Labute approximate surface area is 112 Å². The molecule has 1 aromatic carbocycles. The maximum atomic E-state index is 12.7. The number of ether oxygens (including phenoxy) is 1. The van der Waals surface area contributed by atoms with Gasteiger partial charge in [0.25, 0.3) is 0 Å². The number of halogens is 1. The van der Waals surface area contributed by atoms with E-state index in [9.17, 15) is 14.3 Å². The van der Waals surface area contributed by atoms with Crippen LogP contribution in [-0.4, -0.2) is 30.3 Å². The summed E-state index contributed by atoms with van der Waals surface area (Å²) >= 11 is 0. The van der Waals surface area contributed by atoms with Gasteiger partial charge in [-0.2, -0.15) is 0 Å². The van der Waals surface area contributed by atoms with Crippen LogP contribution in [0.15, 0.2) is 24.3 Å². The van der Waals surface area contributed by atoms with E-state index in [0.717, 1.165) is 0 Å². The van der Waals surface area contributed by atoms with Crippen LogP contribution >= 0.6 is 0 Å². The predicted molar refractivity (Wildman–Crippen MR) is 70.1 cm³/mol. The molecule has 0 bridgehead atoms. The number of carbonyl (C=O) groups excluding carboxylic acids is 1. The Kier molecular flexibility index (Phi) is 6.45. The molecule has 19 heavy (non-hydrogen) atoms. The van der Waals surface area contributed by atoms with Crippen molar-refractivity contribution in [3.8, 4) is 0 Å². The average Bonchev–Trinajstić information content (AvgIpc) is 2.36. The van der Waals surface area contributed by atoms with E-state index in [1.807, 2.05) is 13.8 Å². The summed E-state index contributed by atoms with van der Waals surface area (Å²) < 4.78 is 18.0. The number of nitrogens with one attached hydrogen (secondary N) is 1. The first-order valence-corrected chi connectivity index (χ1v) is 6.31. The largest absolute Gasteiger partial charge is 0.387 e. The molecule has 1 rings (SSSR count). The molecule has 1 amide bonds. The van der Waals surface area contributed by atoms with Gasteiger partial charge in [0.2, 0.25) is 5.91 Å². The van der Waals surface area contributed by atoms with Crippen LogP contribution in [0.1, 0.15) is 31.9 Å². The van der Waals surface area contributed by atoms with E-state index < -0.39 is 6.10 Å². The first-order valence-electron chi connectivity index (χ1n) is 6.31. The Hall–Kier alpha value is -1.46. The highest BCUT2D eigenvalue weighted by Crippen LogP contribution is 2.12. The Bertz CT molecular complexity index is 392. The second kappa shape index (κ2) is 7.86. The fourth-order valence-corrected chi connectivity index (χ4v) is 1.49. The van der Waals surface area contributed by atoms with E-state index >= 15 is 0 Å². The van der Waals surface area contributed by atoms with Gasteiger partial charge in [0.15, 0.2) is 0 Å². The van der Waals surface area contributed by atoms with E-state index in [0.29, 0.717) is 12.2 Å². The number of carbonyl (C=O) groups is 1. The molecule has 0 saturated carbocycles. The molecule has 106 valence electrons. The van der Waals surface area contributed by atoms with Crippen LogP contribution in [0.25, 0.3) is 0 Å². The van der Waals surface area contributed by atoms with Crippen molar-refractivity contribution in [1.82, 2.24) is 5.32 Å². The smallest absolute Gasteiger partial charge is 0.222 e. The van der Waals surface area contributed by atoms with Crippen molar-refractivity contribution < 1.29 is 19.0 Å². The Morgan fingerprint density at radius 2 is 2.00 bits per heavy atom. The number of aliphatic hydroxyl groups excluding tert-OH is 1. The van der Waals surface area contributed by atoms with Crippen molar-refractivity contribution in [3.63, 3.8) is 0 Å². The van der Waals surface area contributed by atoms with Crippen LogP contribution in [0.3, 0.4) is 0 Å². The minimum Gasteiger partial charge on any atom is -0.387 e. The van der Waals surface area contributed by atoms with Crippen LogP contribution in [0.4, 0.5) is 4.39 Å². The minimum absolute atomic E-state index is 0.0950. The second-order valence-electron chi connectivity index (χ2n) is 4.54. The third-order valence-corrected chi connectivity index (χ3v) is 2.53. The number of rotatable bonds is 7. The molecule has 0 spiro atoms. The summed E-state index contributed by atoms with van der Waals surface area (Å²) in [7, 11) is 0. The van der Waals surface area contributed by atoms with E-state index in [4.69, 9.17) is 4.74 Å². The van der Waals surface area contributed by atoms with Crippen molar-refractivity contribution in [2.75, 3.05) is 13.2 Å². The van der Waals surface area contributed by atoms with Gasteiger partial charge in [-0.1, -0.05) is 12.1 Å². The van der Waals surface area contributed by atoms with Crippen molar-refractivity contribution in [2.45, 2.75) is 32.5 Å². The fraction of sp³-hybridized carbons (Fsp3) is 0.500. The van der Waals surface area contributed by atoms with Gasteiger partial charge >= 0.3 is 0 Å². The summed E-state index contributed by atoms with van der Waals surface area (Å²) in [4.78, 5) is 11.5. The third-order valence-electron chi connectivity index (χ3n) is 2.53. The van der Waals surface area contributed by atoms with Gasteiger partial charge in [-0.25, -0.2) is 4.39 Å². The molecule has 2 N–H and O–H groups in total. The quantitative estimate of drug-likeness (QED) is 0.793. The molecule has 0 aliphatic rings. The lowest BCUT2D eigenvalue weighted by Gasteiger charge is -2.12. The summed E-state index contributed by atoms with van der Waals surface area (Å²) in [6.07, 6.45) is -0.484. The molecule has 1 aromatic rings. The van der Waals surface area contributed by atoms with Gasteiger partial charge in [0.05, 0.1) is 18.8 Å². The normalized spacial score (nSPS) is 12.5. The summed E-state index contributed by atoms with van der Waals surface area (Å²) in [5.41, 5.74) is 0.570. The zero-order valence-corrected chi connectivity index (χ0v) is 11.2. The number of aliphatic hydroxyl groups is 1. The summed E-state index contributed by atoms with van der Waals surface area (Å²) in [5.74, 6) is -0.535. The Morgan fingerprint density at radius 3 is 2.58 bits per heavy atom. The highest BCUT2D eigenvalue weighted by molar-refractivity contribution is 5.75. The lowest BCUT2D eigenvalue weighted by Crippen LogP contribution is -2.29. The minimum atomic E-state index is -0.837. The molecule has 0 saturated heterocycles. The van der Waals surface area contributed by atoms with Gasteiger partial charge in [0, 0.05) is 13.0 Å². The molecule has 0 radical (unpaired) electrons. The third kappa shape index (κ3) is 6.31. The zero-order chi connectivity index (χ0) is 14.3. The number of hydrogen-bond acceptors (Lipinski definition) is 3. The monoisotopic (exact) mass is 269 g/mol. The highest BCUT2D eigenvalue weighted by atomic mass is 19.1. The highest BCUT2D eigenvalue weighted by Gasteiger charge is 2.09. The molecule has 1 atom stereocenters. The molecule has 5 heteroatoms. The van der Waals surface area contributed by atoms with Crippen LogP contribution in [0.5, 0.6) is 0 Å². The van der Waals surface area contributed by atoms with Gasteiger partial charge in [0.1, 0.15) is 5.82 Å². The van der Waals surface area contributed by atoms with Crippen LogP contribution < -0.4 is 5.32 Å².